The van der Waals surface area contributed by atoms with Crippen molar-refractivity contribution in [2.45, 2.75) is 33.2 Å². The molecule has 0 fully saturated rings. The molecule has 158 valence electrons. The van der Waals surface area contributed by atoms with Crippen molar-refractivity contribution in [3.63, 3.8) is 0 Å². The maximum absolute atomic E-state index is 12.9. The molecule has 8 nitrogen and oxygen atoms in total. The van der Waals surface area contributed by atoms with E-state index in [4.69, 9.17) is 4.42 Å². The Morgan fingerprint density at radius 3 is 2.45 bits per heavy atom. The zero-order chi connectivity index (χ0) is 22.0. The third kappa shape index (κ3) is 4.48. The van der Waals surface area contributed by atoms with Crippen LogP contribution in [0.2, 0.25) is 0 Å². The number of hydrogen-bond acceptors (Lipinski definition) is 5. The van der Waals surface area contributed by atoms with Gasteiger partial charge in [-0.3, -0.25) is 9.59 Å². The lowest BCUT2D eigenvalue weighted by Gasteiger charge is -2.11. The molecule has 0 unspecified atom stereocenters. The highest BCUT2D eigenvalue weighted by molar-refractivity contribution is 5.95. The first-order valence-corrected chi connectivity index (χ1v) is 10.0. The molecule has 0 spiro atoms. The minimum Gasteiger partial charge on any atom is -0.419 e. The van der Waals surface area contributed by atoms with Crippen LogP contribution >= 0.6 is 0 Å². The van der Waals surface area contributed by atoms with E-state index in [0.29, 0.717) is 28.9 Å². The average Bonchev–Trinajstić information content (AvgIpc) is 3.33. The molecule has 0 aliphatic carbocycles. The van der Waals surface area contributed by atoms with E-state index in [1.165, 1.54) is 6.92 Å². The summed E-state index contributed by atoms with van der Waals surface area (Å²) in [6.07, 6.45) is 0. The summed E-state index contributed by atoms with van der Waals surface area (Å²) in [5.74, 6) is 0.642. The number of nitrogens with zero attached hydrogens (tertiary/aromatic N) is 3. The van der Waals surface area contributed by atoms with Crippen LogP contribution in [0.4, 0.5) is 11.4 Å². The average molecular weight is 417 g/mol. The molecule has 0 saturated heterocycles. The molecule has 2 amide bonds. The van der Waals surface area contributed by atoms with E-state index >= 15 is 0 Å². The van der Waals surface area contributed by atoms with E-state index in [1.807, 2.05) is 48.7 Å². The first-order chi connectivity index (χ1) is 14.9. The summed E-state index contributed by atoms with van der Waals surface area (Å²) in [7, 11) is 0. The quantitative estimate of drug-likeness (QED) is 0.484. The molecule has 0 atom stereocenters. The molecule has 2 aromatic heterocycles. The van der Waals surface area contributed by atoms with Crippen molar-refractivity contribution in [2.75, 3.05) is 10.6 Å². The Labute approximate surface area is 179 Å². The molecule has 2 heterocycles. The highest BCUT2D eigenvalue weighted by Gasteiger charge is 2.19. The molecule has 0 bridgehead atoms. The Kier molecular flexibility index (Phi) is 5.53. The molecule has 0 radical (unpaired) electrons. The summed E-state index contributed by atoms with van der Waals surface area (Å²) < 4.78 is 7.70. The van der Waals surface area contributed by atoms with Gasteiger partial charge in [-0.15, -0.1) is 10.2 Å². The van der Waals surface area contributed by atoms with Gasteiger partial charge in [0.15, 0.2) is 0 Å². The van der Waals surface area contributed by atoms with Crippen LogP contribution in [0, 0.1) is 0 Å². The summed E-state index contributed by atoms with van der Waals surface area (Å²) in [6, 6.07) is 16.7. The number of aromatic nitrogens is 3. The number of amides is 2. The fourth-order valence-corrected chi connectivity index (χ4v) is 3.35. The number of carbonyl (C=O) groups is 2. The van der Waals surface area contributed by atoms with E-state index in [1.54, 1.807) is 24.3 Å². The van der Waals surface area contributed by atoms with Gasteiger partial charge in [0.2, 0.25) is 17.7 Å². The topological polar surface area (TPSA) is 102 Å². The van der Waals surface area contributed by atoms with Gasteiger partial charge in [0.25, 0.3) is 5.89 Å². The lowest BCUT2D eigenvalue weighted by Crippen LogP contribution is -2.19. The fraction of sp³-hybridized carbons (Fsp3) is 0.217. The number of para-hydroxylation sites is 1. The van der Waals surface area contributed by atoms with Crippen LogP contribution in [0.5, 0.6) is 0 Å². The van der Waals surface area contributed by atoms with Crippen molar-refractivity contribution in [3.8, 4) is 11.6 Å². The fourth-order valence-electron chi connectivity index (χ4n) is 3.35. The molecule has 8 heteroatoms. The van der Waals surface area contributed by atoms with E-state index in [9.17, 15) is 9.59 Å². The number of carbonyl (C=O) groups excluding carboxylic acids is 2. The molecular weight excluding hydrogens is 394 g/mol. The Balaban J connectivity index is 1.63. The van der Waals surface area contributed by atoms with E-state index in [2.05, 4.69) is 20.8 Å². The van der Waals surface area contributed by atoms with Crippen molar-refractivity contribution >= 4 is 34.1 Å². The van der Waals surface area contributed by atoms with Crippen LogP contribution in [0.25, 0.3) is 22.5 Å². The minimum absolute atomic E-state index is 0.0621. The lowest BCUT2D eigenvalue weighted by atomic mass is 10.2. The predicted octanol–water partition coefficient (Wildman–Crippen LogP) is 4.41. The number of fused-ring (bicyclic) bond motifs is 1. The van der Waals surface area contributed by atoms with Crippen LogP contribution in [-0.2, 0) is 16.1 Å². The zero-order valence-corrected chi connectivity index (χ0v) is 17.5. The summed E-state index contributed by atoms with van der Waals surface area (Å²) in [4.78, 5) is 24.1. The Morgan fingerprint density at radius 2 is 1.74 bits per heavy atom. The molecule has 0 aliphatic heterocycles. The Bertz CT molecular complexity index is 1260. The Morgan fingerprint density at radius 1 is 1.00 bits per heavy atom. The van der Waals surface area contributed by atoms with Gasteiger partial charge in [0.05, 0.1) is 0 Å². The monoisotopic (exact) mass is 417 g/mol. The molecule has 2 aromatic carbocycles. The predicted molar refractivity (Wildman–Crippen MR) is 119 cm³/mol. The normalized spacial score (nSPS) is 11.1. The number of rotatable bonds is 6. The van der Waals surface area contributed by atoms with Crippen LogP contribution in [-0.4, -0.2) is 26.6 Å². The summed E-state index contributed by atoms with van der Waals surface area (Å²) in [6.45, 7) is 5.46. The van der Waals surface area contributed by atoms with Crippen molar-refractivity contribution in [2.24, 2.45) is 0 Å². The van der Waals surface area contributed by atoms with E-state index < -0.39 is 0 Å². The van der Waals surface area contributed by atoms with Gasteiger partial charge in [-0.1, -0.05) is 38.1 Å². The minimum atomic E-state index is -0.217. The van der Waals surface area contributed by atoms with Gasteiger partial charge in [-0.2, -0.15) is 0 Å². The van der Waals surface area contributed by atoms with Gasteiger partial charge in [-0.05, 0) is 30.3 Å². The summed E-state index contributed by atoms with van der Waals surface area (Å²) >= 11 is 0. The highest BCUT2D eigenvalue weighted by atomic mass is 16.4. The number of nitrogens with one attached hydrogen (secondary N) is 2. The maximum atomic E-state index is 12.9. The summed E-state index contributed by atoms with van der Waals surface area (Å²) in [5, 5.41) is 14.9. The van der Waals surface area contributed by atoms with Crippen LogP contribution in [0.15, 0.2) is 59.0 Å². The first kappa shape index (κ1) is 20.3. The Hall–Kier alpha value is -3.94. The molecule has 4 rings (SSSR count). The molecule has 0 aliphatic rings. The number of anilines is 2. The van der Waals surface area contributed by atoms with Crippen molar-refractivity contribution in [1.82, 2.24) is 14.8 Å². The van der Waals surface area contributed by atoms with Gasteiger partial charge >= 0.3 is 0 Å². The van der Waals surface area contributed by atoms with Gasteiger partial charge in [0, 0.05) is 35.1 Å². The van der Waals surface area contributed by atoms with Gasteiger partial charge < -0.3 is 19.6 Å². The molecule has 2 N–H and O–H groups in total. The first-order valence-electron chi connectivity index (χ1n) is 10.0. The third-order valence-electron chi connectivity index (χ3n) is 4.73. The van der Waals surface area contributed by atoms with Crippen molar-refractivity contribution in [1.29, 1.82) is 0 Å². The smallest absolute Gasteiger partial charge is 0.264 e. The molecule has 4 aromatic rings. The number of benzene rings is 2. The van der Waals surface area contributed by atoms with Crippen molar-refractivity contribution < 1.29 is 14.0 Å². The van der Waals surface area contributed by atoms with E-state index in [-0.39, 0.29) is 24.3 Å². The number of hydrogen-bond donors (Lipinski definition) is 2. The molecule has 31 heavy (non-hydrogen) atoms. The molecular formula is C23H23N5O3. The van der Waals surface area contributed by atoms with Gasteiger partial charge in [0.1, 0.15) is 12.2 Å². The second-order valence-corrected chi connectivity index (χ2v) is 7.58. The summed E-state index contributed by atoms with van der Waals surface area (Å²) in [5.41, 5.74) is 2.78. The van der Waals surface area contributed by atoms with Crippen LogP contribution in [0.3, 0.4) is 0 Å². The maximum Gasteiger partial charge on any atom is 0.264 e. The zero-order valence-electron chi connectivity index (χ0n) is 17.5. The second-order valence-electron chi connectivity index (χ2n) is 7.58. The van der Waals surface area contributed by atoms with E-state index in [0.717, 1.165) is 10.9 Å². The van der Waals surface area contributed by atoms with Crippen LogP contribution < -0.4 is 10.6 Å². The lowest BCUT2D eigenvalue weighted by molar-refractivity contribution is -0.116. The SMILES string of the molecule is CC(=O)Nc1cccc(NC(=O)Cn2c(-c3nnc(C(C)C)o3)cc3ccccc32)c1. The highest BCUT2D eigenvalue weighted by Crippen LogP contribution is 2.29. The van der Waals surface area contributed by atoms with Gasteiger partial charge in [-0.25, -0.2) is 0 Å². The molecule has 0 saturated carbocycles. The second kappa shape index (κ2) is 8.43. The largest absolute Gasteiger partial charge is 0.419 e. The standard InChI is InChI=1S/C23H23N5O3/c1-14(2)22-26-27-23(31-22)20-11-16-7-4-5-10-19(16)28(20)13-21(30)25-18-9-6-8-17(12-18)24-15(3)29/h4-12,14H,13H2,1-3H3,(H,24,29)(H,25,30). The van der Waals surface area contributed by atoms with Crippen LogP contribution in [0.1, 0.15) is 32.6 Å². The third-order valence-corrected chi connectivity index (χ3v) is 4.73. The van der Waals surface area contributed by atoms with Crippen molar-refractivity contribution in [3.05, 3.63) is 60.5 Å².